The van der Waals surface area contributed by atoms with Crippen LogP contribution < -0.4 is 0 Å². The Bertz CT molecular complexity index is 247. The van der Waals surface area contributed by atoms with E-state index >= 15 is 0 Å². The lowest BCUT2D eigenvalue weighted by Crippen LogP contribution is -2.03. The normalized spacial score (nSPS) is 8.50. The molecule has 0 saturated heterocycles. The smallest absolute Gasteiger partial charge is 0.338 e. The summed E-state index contributed by atoms with van der Waals surface area (Å²) < 4.78 is 4.79. The summed E-state index contributed by atoms with van der Waals surface area (Å²) in [6.07, 6.45) is 0. The van der Waals surface area contributed by atoms with Gasteiger partial charge in [0.2, 0.25) is 0 Å². The molecule has 0 bridgehead atoms. The highest BCUT2D eigenvalue weighted by Crippen LogP contribution is 1.99. The van der Waals surface area contributed by atoms with Crippen molar-refractivity contribution in [3.63, 3.8) is 0 Å². The van der Waals surface area contributed by atoms with E-state index < -0.39 is 0 Å². The standard InChI is InChI=1S/C9H10O2.C2H5Cl/c1-2-11-9(10)8-6-4-3-5-7-8;1-2-3/h3-7H,2H2,1H3;2H2,1H3. The summed E-state index contributed by atoms with van der Waals surface area (Å²) in [5.41, 5.74) is 0.606. The predicted octanol–water partition coefficient (Wildman–Crippen LogP) is 3.11. The summed E-state index contributed by atoms with van der Waals surface area (Å²) in [7, 11) is 0. The number of alkyl halides is 1. The molecule has 0 spiro atoms. The monoisotopic (exact) mass is 214 g/mol. The van der Waals surface area contributed by atoms with Gasteiger partial charge in [-0.25, -0.2) is 4.79 Å². The fraction of sp³-hybridized carbons (Fsp3) is 0.364. The highest BCUT2D eigenvalue weighted by molar-refractivity contribution is 6.17. The maximum Gasteiger partial charge on any atom is 0.338 e. The molecule has 0 saturated carbocycles. The highest BCUT2D eigenvalue weighted by Gasteiger charge is 2.02. The molecular formula is C11H15ClO2. The summed E-state index contributed by atoms with van der Waals surface area (Å²) in [4.78, 5) is 11.0. The van der Waals surface area contributed by atoms with Crippen LogP contribution >= 0.6 is 11.6 Å². The number of esters is 1. The van der Waals surface area contributed by atoms with Crippen molar-refractivity contribution in [1.82, 2.24) is 0 Å². The van der Waals surface area contributed by atoms with Gasteiger partial charge in [-0.3, -0.25) is 0 Å². The Balaban J connectivity index is 0.000000500. The first kappa shape index (κ1) is 13.0. The second-order valence-electron chi connectivity index (χ2n) is 2.35. The molecule has 0 N–H and O–H groups in total. The molecule has 0 aromatic heterocycles. The van der Waals surface area contributed by atoms with E-state index in [9.17, 15) is 4.79 Å². The number of ether oxygens (including phenoxy) is 1. The molecule has 0 unspecified atom stereocenters. The first-order chi connectivity index (χ1) is 6.76. The van der Waals surface area contributed by atoms with Gasteiger partial charge in [-0.1, -0.05) is 25.1 Å². The van der Waals surface area contributed by atoms with E-state index in [4.69, 9.17) is 16.3 Å². The number of hydrogen-bond donors (Lipinski definition) is 0. The fourth-order valence-electron chi connectivity index (χ4n) is 0.789. The molecule has 0 atom stereocenters. The van der Waals surface area contributed by atoms with Gasteiger partial charge in [-0.05, 0) is 19.1 Å². The molecule has 2 nitrogen and oxygen atoms in total. The Morgan fingerprint density at radius 1 is 1.29 bits per heavy atom. The fourth-order valence-corrected chi connectivity index (χ4v) is 0.789. The van der Waals surface area contributed by atoms with Crippen LogP contribution in [0.4, 0.5) is 0 Å². The van der Waals surface area contributed by atoms with E-state index in [0.29, 0.717) is 12.2 Å². The second kappa shape index (κ2) is 8.57. The minimum atomic E-state index is -0.256. The number of carbonyl (C=O) groups excluding carboxylic acids is 1. The number of hydrogen-bond acceptors (Lipinski definition) is 2. The van der Waals surface area contributed by atoms with Crippen LogP contribution in [0.15, 0.2) is 30.3 Å². The number of rotatable bonds is 2. The van der Waals surface area contributed by atoms with E-state index in [0.717, 1.165) is 5.88 Å². The number of halogens is 1. The maximum absolute atomic E-state index is 11.0. The summed E-state index contributed by atoms with van der Waals surface area (Å²) in [5, 5.41) is 0. The molecule has 0 heterocycles. The Hall–Kier alpha value is -1.02. The van der Waals surface area contributed by atoms with Crippen molar-refractivity contribution in [2.75, 3.05) is 12.5 Å². The molecule has 14 heavy (non-hydrogen) atoms. The van der Waals surface area contributed by atoms with Crippen molar-refractivity contribution < 1.29 is 9.53 Å². The van der Waals surface area contributed by atoms with Crippen molar-refractivity contribution in [1.29, 1.82) is 0 Å². The molecule has 1 aromatic rings. The van der Waals surface area contributed by atoms with Gasteiger partial charge in [0.1, 0.15) is 0 Å². The summed E-state index contributed by atoms with van der Waals surface area (Å²) >= 11 is 5.00. The largest absolute Gasteiger partial charge is 0.462 e. The number of benzene rings is 1. The Morgan fingerprint density at radius 3 is 2.21 bits per heavy atom. The second-order valence-corrected chi connectivity index (χ2v) is 2.89. The SMILES string of the molecule is CCCl.CCOC(=O)c1ccccc1. The quantitative estimate of drug-likeness (QED) is 0.559. The van der Waals surface area contributed by atoms with Crippen LogP contribution in [0.3, 0.4) is 0 Å². The van der Waals surface area contributed by atoms with Gasteiger partial charge in [0.25, 0.3) is 0 Å². The Morgan fingerprint density at radius 2 is 1.79 bits per heavy atom. The van der Waals surface area contributed by atoms with Crippen LogP contribution in [0.5, 0.6) is 0 Å². The van der Waals surface area contributed by atoms with Gasteiger partial charge in [0, 0.05) is 5.88 Å². The van der Waals surface area contributed by atoms with Gasteiger partial charge in [0.05, 0.1) is 12.2 Å². The average molecular weight is 215 g/mol. The lowest BCUT2D eigenvalue weighted by molar-refractivity contribution is 0.0526. The minimum absolute atomic E-state index is 0.256. The molecule has 1 rings (SSSR count). The van der Waals surface area contributed by atoms with E-state index in [1.165, 1.54) is 0 Å². The molecule has 78 valence electrons. The van der Waals surface area contributed by atoms with Crippen LogP contribution in [0.2, 0.25) is 0 Å². The summed E-state index contributed by atoms with van der Waals surface area (Å²) in [5.74, 6) is 0.466. The molecule has 0 aliphatic carbocycles. The third-order valence-corrected chi connectivity index (χ3v) is 1.28. The average Bonchev–Trinajstić information content (AvgIpc) is 2.21. The van der Waals surface area contributed by atoms with Gasteiger partial charge in [-0.15, -0.1) is 11.6 Å². The molecule has 3 heteroatoms. The van der Waals surface area contributed by atoms with Crippen LogP contribution in [-0.2, 0) is 4.74 Å². The molecule has 0 radical (unpaired) electrons. The van der Waals surface area contributed by atoms with Crippen LogP contribution in [0.25, 0.3) is 0 Å². The van der Waals surface area contributed by atoms with Crippen LogP contribution in [0, 0.1) is 0 Å². The predicted molar refractivity (Wildman–Crippen MR) is 58.8 cm³/mol. The lowest BCUT2D eigenvalue weighted by Gasteiger charge is -1.99. The Kier molecular flexibility index (Phi) is 7.95. The van der Waals surface area contributed by atoms with E-state index in [1.54, 1.807) is 19.1 Å². The van der Waals surface area contributed by atoms with Crippen LogP contribution in [-0.4, -0.2) is 18.5 Å². The first-order valence-electron chi connectivity index (χ1n) is 4.54. The van der Waals surface area contributed by atoms with E-state index in [2.05, 4.69) is 0 Å². The zero-order chi connectivity index (χ0) is 10.8. The third kappa shape index (κ3) is 5.60. The molecular weight excluding hydrogens is 200 g/mol. The first-order valence-corrected chi connectivity index (χ1v) is 5.07. The maximum atomic E-state index is 11.0. The van der Waals surface area contributed by atoms with Crippen molar-refractivity contribution >= 4 is 17.6 Å². The zero-order valence-electron chi connectivity index (χ0n) is 8.50. The lowest BCUT2D eigenvalue weighted by atomic mass is 10.2. The summed E-state index contributed by atoms with van der Waals surface area (Å²) in [6.45, 7) is 4.11. The van der Waals surface area contributed by atoms with Crippen molar-refractivity contribution in [2.24, 2.45) is 0 Å². The third-order valence-electron chi connectivity index (χ3n) is 1.28. The van der Waals surface area contributed by atoms with Crippen LogP contribution in [0.1, 0.15) is 24.2 Å². The van der Waals surface area contributed by atoms with Gasteiger partial charge in [-0.2, -0.15) is 0 Å². The van der Waals surface area contributed by atoms with Gasteiger partial charge >= 0.3 is 5.97 Å². The van der Waals surface area contributed by atoms with E-state index in [1.807, 2.05) is 25.1 Å². The van der Waals surface area contributed by atoms with Crippen molar-refractivity contribution in [2.45, 2.75) is 13.8 Å². The van der Waals surface area contributed by atoms with E-state index in [-0.39, 0.29) is 5.97 Å². The zero-order valence-corrected chi connectivity index (χ0v) is 9.25. The summed E-state index contributed by atoms with van der Waals surface area (Å²) in [6, 6.07) is 8.96. The molecule has 0 aliphatic heterocycles. The van der Waals surface area contributed by atoms with Gasteiger partial charge in [0.15, 0.2) is 0 Å². The van der Waals surface area contributed by atoms with Crippen molar-refractivity contribution in [3.8, 4) is 0 Å². The van der Waals surface area contributed by atoms with Crippen molar-refractivity contribution in [3.05, 3.63) is 35.9 Å². The number of carbonyl (C=O) groups is 1. The molecule has 0 amide bonds. The molecule has 1 aromatic carbocycles. The van der Waals surface area contributed by atoms with Gasteiger partial charge < -0.3 is 4.74 Å². The molecule has 0 aliphatic rings. The Labute approximate surface area is 89.8 Å². The topological polar surface area (TPSA) is 26.3 Å². The molecule has 0 fully saturated rings. The minimum Gasteiger partial charge on any atom is -0.462 e. The highest BCUT2D eigenvalue weighted by atomic mass is 35.5.